The summed E-state index contributed by atoms with van der Waals surface area (Å²) < 4.78 is 1.73. The Kier molecular flexibility index (Phi) is 4.30. The maximum Gasteiger partial charge on any atom is 0.271 e. The average Bonchev–Trinajstić information content (AvgIpc) is 3.13. The number of hydrogen-bond acceptors (Lipinski definition) is 5. The maximum atomic E-state index is 12.7. The van der Waals surface area contributed by atoms with Crippen LogP contribution in [-0.4, -0.2) is 45.1 Å². The Labute approximate surface area is 139 Å². The molecule has 3 rings (SSSR count). The lowest BCUT2D eigenvalue weighted by Crippen LogP contribution is -2.39. The number of carbonyl (C=O) groups is 1. The van der Waals surface area contributed by atoms with Crippen LogP contribution in [0.1, 0.15) is 12.0 Å². The Morgan fingerprint density at radius 2 is 2.25 bits per heavy atom. The quantitative estimate of drug-likeness (QED) is 0.614. The highest BCUT2D eigenvalue weighted by Crippen LogP contribution is 2.27. The van der Waals surface area contributed by atoms with Gasteiger partial charge in [0.2, 0.25) is 5.91 Å². The van der Waals surface area contributed by atoms with Crippen molar-refractivity contribution in [1.82, 2.24) is 14.7 Å². The van der Waals surface area contributed by atoms with E-state index < -0.39 is 4.92 Å². The van der Waals surface area contributed by atoms with Crippen molar-refractivity contribution in [2.45, 2.75) is 19.0 Å². The largest absolute Gasteiger partial charge is 0.311 e. The molecule has 8 nitrogen and oxygen atoms in total. The third kappa shape index (κ3) is 3.13. The van der Waals surface area contributed by atoms with E-state index in [-0.39, 0.29) is 17.6 Å². The van der Waals surface area contributed by atoms with Gasteiger partial charge >= 0.3 is 0 Å². The minimum atomic E-state index is -0.448. The molecule has 126 valence electrons. The monoisotopic (exact) mass is 329 g/mol. The number of anilines is 1. The zero-order valence-electron chi connectivity index (χ0n) is 13.6. The summed E-state index contributed by atoms with van der Waals surface area (Å²) in [5, 5.41) is 15.0. The number of benzene rings is 1. The second-order valence-electron chi connectivity index (χ2n) is 6.01. The molecule has 2 aromatic rings. The van der Waals surface area contributed by atoms with Crippen LogP contribution in [0.3, 0.4) is 0 Å². The molecule has 1 aliphatic heterocycles. The Morgan fingerprint density at radius 1 is 1.46 bits per heavy atom. The fourth-order valence-corrected chi connectivity index (χ4v) is 3.06. The zero-order chi connectivity index (χ0) is 17.3. The fourth-order valence-electron chi connectivity index (χ4n) is 3.06. The van der Waals surface area contributed by atoms with Gasteiger partial charge in [0, 0.05) is 44.0 Å². The maximum absolute atomic E-state index is 12.7. The number of hydrogen-bond donors (Lipinski definition) is 0. The van der Waals surface area contributed by atoms with E-state index in [9.17, 15) is 14.9 Å². The van der Waals surface area contributed by atoms with Crippen molar-refractivity contribution in [1.29, 1.82) is 0 Å². The number of aromatic nitrogens is 2. The van der Waals surface area contributed by atoms with E-state index in [0.717, 1.165) is 5.56 Å². The predicted molar refractivity (Wildman–Crippen MR) is 88.5 cm³/mol. The van der Waals surface area contributed by atoms with E-state index in [1.54, 1.807) is 27.9 Å². The van der Waals surface area contributed by atoms with Crippen molar-refractivity contribution in [2.75, 3.05) is 18.5 Å². The smallest absolute Gasteiger partial charge is 0.271 e. The minimum absolute atomic E-state index is 0.00698. The zero-order valence-corrected chi connectivity index (χ0v) is 13.6. The van der Waals surface area contributed by atoms with Gasteiger partial charge in [0.25, 0.3) is 5.69 Å². The van der Waals surface area contributed by atoms with Crippen LogP contribution in [0.15, 0.2) is 36.7 Å². The van der Waals surface area contributed by atoms with Gasteiger partial charge in [-0.05, 0) is 19.5 Å². The van der Waals surface area contributed by atoms with Crippen LogP contribution in [0, 0.1) is 10.1 Å². The van der Waals surface area contributed by atoms with Crippen molar-refractivity contribution < 1.29 is 9.72 Å². The standard InChI is InChI=1S/C16H19N5O3/c1-18(10-12-9-17-19(2)11-12)15-6-7-20(16(15)22)13-4-3-5-14(8-13)21(23)24/h3-5,8-9,11,15H,6-7,10H2,1-2H3/t15-/m0/s1. The van der Waals surface area contributed by atoms with Crippen molar-refractivity contribution in [3.63, 3.8) is 0 Å². The Balaban J connectivity index is 1.72. The highest BCUT2D eigenvalue weighted by Gasteiger charge is 2.35. The molecule has 1 aliphatic rings. The first-order valence-electron chi connectivity index (χ1n) is 7.69. The SMILES string of the molecule is CN(Cc1cnn(C)c1)[C@H]1CCN(c2cccc([N+](=O)[O-])c2)C1=O. The molecule has 1 atom stereocenters. The summed E-state index contributed by atoms with van der Waals surface area (Å²) in [7, 11) is 3.76. The fraction of sp³-hybridized carbons (Fsp3) is 0.375. The molecule has 0 radical (unpaired) electrons. The first kappa shape index (κ1) is 16.1. The third-order valence-electron chi connectivity index (χ3n) is 4.25. The van der Waals surface area contributed by atoms with Gasteiger partial charge in [-0.1, -0.05) is 6.07 Å². The van der Waals surface area contributed by atoms with Crippen molar-refractivity contribution in [3.05, 3.63) is 52.3 Å². The molecule has 1 saturated heterocycles. The molecule has 0 N–H and O–H groups in total. The molecule has 0 spiro atoms. The molecule has 0 saturated carbocycles. The molecule has 0 aliphatic carbocycles. The van der Waals surface area contributed by atoms with Gasteiger partial charge < -0.3 is 4.90 Å². The number of nitrogens with zero attached hydrogens (tertiary/aromatic N) is 5. The predicted octanol–water partition coefficient (Wildman–Crippen LogP) is 1.57. The van der Waals surface area contributed by atoms with E-state index in [4.69, 9.17) is 0 Å². The van der Waals surface area contributed by atoms with Crippen LogP contribution in [0.2, 0.25) is 0 Å². The number of nitro benzene ring substituents is 1. The summed E-state index contributed by atoms with van der Waals surface area (Å²) in [5.74, 6) is -0.0260. The van der Waals surface area contributed by atoms with Crippen LogP contribution in [0.5, 0.6) is 0 Å². The lowest BCUT2D eigenvalue weighted by atomic mass is 10.2. The summed E-state index contributed by atoms with van der Waals surface area (Å²) in [6.07, 6.45) is 4.40. The van der Waals surface area contributed by atoms with Crippen LogP contribution >= 0.6 is 0 Å². The van der Waals surface area contributed by atoms with E-state index in [1.807, 2.05) is 25.2 Å². The topological polar surface area (TPSA) is 84.5 Å². The van der Waals surface area contributed by atoms with Gasteiger partial charge in [0.1, 0.15) is 0 Å². The van der Waals surface area contributed by atoms with E-state index >= 15 is 0 Å². The Morgan fingerprint density at radius 3 is 2.92 bits per heavy atom. The lowest BCUT2D eigenvalue weighted by molar-refractivity contribution is -0.384. The first-order valence-corrected chi connectivity index (χ1v) is 7.69. The number of carbonyl (C=O) groups excluding carboxylic acids is 1. The van der Waals surface area contributed by atoms with Crippen LogP contribution in [0.25, 0.3) is 0 Å². The molecule has 24 heavy (non-hydrogen) atoms. The number of amides is 1. The molecule has 0 unspecified atom stereocenters. The third-order valence-corrected chi connectivity index (χ3v) is 4.25. The highest BCUT2D eigenvalue weighted by atomic mass is 16.6. The van der Waals surface area contributed by atoms with E-state index in [2.05, 4.69) is 5.10 Å². The minimum Gasteiger partial charge on any atom is -0.311 e. The molecule has 1 fully saturated rings. The lowest BCUT2D eigenvalue weighted by Gasteiger charge is -2.23. The molecular weight excluding hydrogens is 310 g/mol. The summed E-state index contributed by atoms with van der Waals surface area (Å²) in [4.78, 5) is 26.8. The number of rotatable bonds is 5. The normalized spacial score (nSPS) is 17.7. The number of likely N-dealkylation sites (N-methyl/N-ethyl adjacent to an activating group) is 1. The number of nitro groups is 1. The molecule has 8 heteroatoms. The molecule has 2 heterocycles. The molecule has 0 bridgehead atoms. The van der Waals surface area contributed by atoms with Crippen LogP contribution in [0.4, 0.5) is 11.4 Å². The van der Waals surface area contributed by atoms with Crippen LogP contribution < -0.4 is 4.90 Å². The number of non-ortho nitro benzene ring substituents is 1. The summed E-state index contributed by atoms with van der Waals surface area (Å²) in [6.45, 7) is 1.19. The van der Waals surface area contributed by atoms with Crippen molar-refractivity contribution >= 4 is 17.3 Å². The second kappa shape index (κ2) is 6.40. The molecule has 1 amide bonds. The van der Waals surface area contributed by atoms with Gasteiger partial charge in [-0.25, -0.2) is 0 Å². The van der Waals surface area contributed by atoms with Gasteiger partial charge in [0.15, 0.2) is 0 Å². The van der Waals surface area contributed by atoms with Crippen molar-refractivity contribution in [3.8, 4) is 0 Å². The summed E-state index contributed by atoms with van der Waals surface area (Å²) in [6, 6.07) is 5.98. The first-order chi connectivity index (χ1) is 11.5. The average molecular weight is 329 g/mol. The van der Waals surface area contributed by atoms with E-state index in [1.165, 1.54) is 12.1 Å². The highest BCUT2D eigenvalue weighted by molar-refractivity contribution is 5.99. The van der Waals surface area contributed by atoms with E-state index in [0.29, 0.717) is 25.2 Å². The summed E-state index contributed by atoms with van der Waals surface area (Å²) >= 11 is 0. The van der Waals surface area contributed by atoms with Gasteiger partial charge in [0.05, 0.1) is 22.8 Å². The van der Waals surface area contributed by atoms with Gasteiger partial charge in [-0.15, -0.1) is 0 Å². The Hall–Kier alpha value is -2.74. The molecule has 1 aromatic carbocycles. The number of aryl methyl sites for hydroxylation is 1. The Bertz CT molecular complexity index is 773. The van der Waals surface area contributed by atoms with Gasteiger partial charge in [-0.2, -0.15) is 5.10 Å². The van der Waals surface area contributed by atoms with Gasteiger partial charge in [-0.3, -0.25) is 24.5 Å². The van der Waals surface area contributed by atoms with Crippen LogP contribution in [-0.2, 0) is 18.4 Å². The molecular formula is C16H19N5O3. The van der Waals surface area contributed by atoms with Crippen molar-refractivity contribution in [2.24, 2.45) is 7.05 Å². The molecule has 1 aromatic heterocycles. The summed E-state index contributed by atoms with van der Waals surface area (Å²) in [5.41, 5.74) is 1.61. The second-order valence-corrected chi connectivity index (χ2v) is 6.01.